The molecule has 17 heavy (non-hydrogen) atoms. The smallest absolute Gasteiger partial charge is 0.315 e. The van der Waals surface area contributed by atoms with Crippen molar-refractivity contribution in [3.05, 3.63) is 0 Å². The number of hydrogen-bond donors (Lipinski definition) is 3. The lowest BCUT2D eigenvalue weighted by Gasteiger charge is -2.30. The Morgan fingerprint density at radius 2 is 1.94 bits per heavy atom. The van der Waals surface area contributed by atoms with E-state index in [1.807, 2.05) is 20.8 Å². The van der Waals surface area contributed by atoms with Crippen molar-refractivity contribution in [2.45, 2.75) is 40.2 Å². The van der Waals surface area contributed by atoms with Gasteiger partial charge in [0, 0.05) is 6.04 Å². The van der Waals surface area contributed by atoms with Crippen LogP contribution in [-0.2, 0) is 4.79 Å². The first-order chi connectivity index (χ1) is 7.77. The van der Waals surface area contributed by atoms with Crippen LogP contribution in [0.5, 0.6) is 0 Å². The Bertz CT molecular complexity index is 334. The Balaban J connectivity index is 4.36. The molecule has 0 fully saturated rings. The van der Waals surface area contributed by atoms with Gasteiger partial charge >= 0.3 is 12.0 Å². The summed E-state index contributed by atoms with van der Waals surface area (Å²) in [5.74, 6) is 4.41. The van der Waals surface area contributed by atoms with Crippen LogP contribution >= 0.6 is 0 Å². The highest BCUT2D eigenvalue weighted by molar-refractivity contribution is 5.76. The third-order valence-electron chi connectivity index (χ3n) is 2.24. The van der Waals surface area contributed by atoms with Crippen molar-refractivity contribution in [1.82, 2.24) is 10.6 Å². The normalized spacial score (nSPS) is 12.0. The lowest BCUT2D eigenvalue weighted by molar-refractivity contribution is -0.138. The molecule has 1 unspecified atom stereocenters. The minimum Gasteiger partial charge on any atom is -0.481 e. The third-order valence-corrected chi connectivity index (χ3v) is 2.24. The van der Waals surface area contributed by atoms with Gasteiger partial charge in [0.25, 0.3) is 0 Å². The van der Waals surface area contributed by atoms with Gasteiger partial charge in [0.2, 0.25) is 0 Å². The van der Waals surface area contributed by atoms with E-state index in [4.69, 9.17) is 5.11 Å². The predicted molar refractivity (Wildman–Crippen MR) is 65.5 cm³/mol. The van der Waals surface area contributed by atoms with Crippen molar-refractivity contribution in [2.75, 3.05) is 6.54 Å². The van der Waals surface area contributed by atoms with Crippen molar-refractivity contribution >= 4 is 12.0 Å². The maximum absolute atomic E-state index is 11.5. The zero-order valence-electron chi connectivity index (χ0n) is 10.8. The summed E-state index contributed by atoms with van der Waals surface area (Å²) in [5, 5.41) is 14.0. The summed E-state index contributed by atoms with van der Waals surface area (Å²) in [6.45, 7) is 7.58. The molecule has 0 spiro atoms. The van der Waals surface area contributed by atoms with Gasteiger partial charge in [-0.1, -0.05) is 26.7 Å². The molecule has 1 atom stereocenters. The number of hydrogen-bond acceptors (Lipinski definition) is 2. The predicted octanol–water partition coefficient (Wildman–Crippen LogP) is 1.20. The Morgan fingerprint density at radius 3 is 2.35 bits per heavy atom. The standard InChI is InChI=1S/C12H20N2O3/c1-5-6-7-13-11(17)14-9(8-10(15)16)12(2,3)4/h9H,7-8H2,1-4H3,(H,15,16)(H2,13,14,17). The number of carbonyl (C=O) groups is 2. The fraction of sp³-hybridized carbons (Fsp3) is 0.667. The van der Waals surface area contributed by atoms with E-state index in [9.17, 15) is 9.59 Å². The van der Waals surface area contributed by atoms with Gasteiger partial charge in [-0.3, -0.25) is 4.79 Å². The molecule has 5 nitrogen and oxygen atoms in total. The van der Waals surface area contributed by atoms with E-state index in [0.717, 1.165) is 0 Å². The minimum absolute atomic E-state index is 0.101. The molecule has 0 aromatic rings. The first-order valence-corrected chi connectivity index (χ1v) is 5.43. The molecule has 0 bridgehead atoms. The highest BCUT2D eigenvalue weighted by Gasteiger charge is 2.28. The van der Waals surface area contributed by atoms with E-state index in [1.165, 1.54) is 0 Å². The van der Waals surface area contributed by atoms with Gasteiger partial charge in [-0.15, -0.1) is 5.92 Å². The maximum atomic E-state index is 11.5. The SMILES string of the molecule is CC#CCNC(=O)NC(CC(=O)O)C(C)(C)C. The highest BCUT2D eigenvalue weighted by Crippen LogP contribution is 2.21. The molecule has 96 valence electrons. The topological polar surface area (TPSA) is 78.4 Å². The monoisotopic (exact) mass is 240 g/mol. The van der Waals surface area contributed by atoms with Crippen LogP contribution in [0.1, 0.15) is 34.1 Å². The van der Waals surface area contributed by atoms with E-state index in [-0.39, 0.29) is 18.4 Å². The summed E-state index contributed by atoms with van der Waals surface area (Å²) in [4.78, 5) is 22.2. The van der Waals surface area contributed by atoms with Crippen LogP contribution in [0.25, 0.3) is 0 Å². The van der Waals surface area contributed by atoms with Gasteiger partial charge in [-0.05, 0) is 12.3 Å². The van der Waals surface area contributed by atoms with E-state index < -0.39 is 18.0 Å². The average molecular weight is 240 g/mol. The lowest BCUT2D eigenvalue weighted by atomic mass is 9.85. The maximum Gasteiger partial charge on any atom is 0.315 e. The minimum atomic E-state index is -0.932. The summed E-state index contributed by atoms with van der Waals surface area (Å²) in [7, 11) is 0. The molecule has 0 aromatic heterocycles. The first kappa shape index (κ1) is 15.3. The molecule has 5 heteroatoms. The second kappa shape index (κ2) is 6.79. The third kappa shape index (κ3) is 7.23. The Morgan fingerprint density at radius 1 is 1.35 bits per heavy atom. The number of rotatable bonds is 4. The lowest BCUT2D eigenvalue weighted by Crippen LogP contribution is -2.49. The van der Waals surface area contributed by atoms with Gasteiger partial charge in [-0.2, -0.15) is 0 Å². The molecule has 0 aliphatic rings. The van der Waals surface area contributed by atoms with E-state index >= 15 is 0 Å². The van der Waals surface area contributed by atoms with Crippen molar-refractivity contribution in [3.8, 4) is 11.8 Å². The fourth-order valence-corrected chi connectivity index (χ4v) is 1.17. The van der Waals surface area contributed by atoms with Crippen LogP contribution in [0.4, 0.5) is 4.79 Å². The first-order valence-electron chi connectivity index (χ1n) is 5.43. The molecule has 2 amide bonds. The van der Waals surface area contributed by atoms with Crippen molar-refractivity contribution in [2.24, 2.45) is 5.41 Å². The summed E-state index contributed by atoms with van der Waals surface area (Å²) in [6.07, 6.45) is -0.101. The number of carboxylic acids is 1. The van der Waals surface area contributed by atoms with Crippen molar-refractivity contribution < 1.29 is 14.7 Å². The highest BCUT2D eigenvalue weighted by atomic mass is 16.4. The van der Waals surface area contributed by atoms with Gasteiger partial charge in [0.05, 0.1) is 13.0 Å². The zero-order chi connectivity index (χ0) is 13.5. The summed E-state index contributed by atoms with van der Waals surface area (Å²) in [6, 6.07) is -0.816. The quantitative estimate of drug-likeness (QED) is 0.646. The fourth-order valence-electron chi connectivity index (χ4n) is 1.17. The molecule has 0 saturated heterocycles. The van der Waals surface area contributed by atoms with Gasteiger partial charge in [0.15, 0.2) is 0 Å². The number of nitrogens with one attached hydrogen (secondary N) is 2. The molecular formula is C12H20N2O3. The van der Waals surface area contributed by atoms with Crippen LogP contribution in [0, 0.1) is 17.3 Å². The molecule has 0 aliphatic carbocycles. The zero-order valence-corrected chi connectivity index (χ0v) is 10.8. The number of amides is 2. The van der Waals surface area contributed by atoms with Crippen LogP contribution in [-0.4, -0.2) is 29.7 Å². The number of aliphatic carboxylic acids is 1. The summed E-state index contributed by atoms with van der Waals surface area (Å²) >= 11 is 0. The van der Waals surface area contributed by atoms with E-state index in [0.29, 0.717) is 0 Å². The van der Waals surface area contributed by atoms with Gasteiger partial charge in [-0.25, -0.2) is 4.79 Å². The number of urea groups is 1. The Hall–Kier alpha value is -1.70. The largest absolute Gasteiger partial charge is 0.481 e. The molecule has 0 rings (SSSR count). The van der Waals surface area contributed by atoms with Crippen LogP contribution in [0.2, 0.25) is 0 Å². The molecule has 0 aliphatic heterocycles. The molecular weight excluding hydrogens is 220 g/mol. The van der Waals surface area contributed by atoms with Crippen molar-refractivity contribution in [1.29, 1.82) is 0 Å². The van der Waals surface area contributed by atoms with Crippen LogP contribution in [0.3, 0.4) is 0 Å². The summed E-state index contributed by atoms with van der Waals surface area (Å²) in [5.41, 5.74) is -0.313. The molecule has 0 aromatic carbocycles. The van der Waals surface area contributed by atoms with E-state index in [2.05, 4.69) is 22.5 Å². The van der Waals surface area contributed by atoms with Crippen LogP contribution < -0.4 is 10.6 Å². The average Bonchev–Trinajstić information content (AvgIpc) is 2.15. The molecule has 0 radical (unpaired) electrons. The van der Waals surface area contributed by atoms with Crippen LogP contribution in [0.15, 0.2) is 0 Å². The number of carboxylic acid groups (broad SMARTS) is 1. The molecule has 3 N–H and O–H groups in total. The Kier molecular flexibility index (Phi) is 6.11. The summed E-state index contributed by atoms with van der Waals surface area (Å²) < 4.78 is 0. The second-order valence-electron chi connectivity index (χ2n) is 4.77. The van der Waals surface area contributed by atoms with Crippen molar-refractivity contribution in [3.63, 3.8) is 0 Å². The molecule has 0 saturated carbocycles. The number of carbonyl (C=O) groups excluding carboxylic acids is 1. The Labute approximate surface area is 102 Å². The van der Waals surface area contributed by atoms with E-state index in [1.54, 1.807) is 6.92 Å². The second-order valence-corrected chi connectivity index (χ2v) is 4.77. The molecule has 0 heterocycles. The van der Waals surface area contributed by atoms with Gasteiger partial charge in [0.1, 0.15) is 0 Å². The van der Waals surface area contributed by atoms with Gasteiger partial charge < -0.3 is 15.7 Å².